The molecule has 0 bridgehead atoms. The molecule has 0 radical (unpaired) electrons. The molecule has 25 heavy (non-hydrogen) atoms. The lowest BCUT2D eigenvalue weighted by Crippen LogP contribution is -2.21. The van der Waals surface area contributed by atoms with E-state index in [1.807, 2.05) is 0 Å². The molecular weight excluding hydrogens is 344 g/mol. The number of carbonyl (C=O) groups is 1. The molecule has 7 heteroatoms. The lowest BCUT2D eigenvalue weighted by atomic mass is 10.1. The van der Waals surface area contributed by atoms with Crippen molar-refractivity contribution in [3.63, 3.8) is 0 Å². The van der Waals surface area contributed by atoms with E-state index in [9.17, 15) is 13.6 Å². The van der Waals surface area contributed by atoms with Gasteiger partial charge in [-0.2, -0.15) is 0 Å². The molecule has 0 fully saturated rings. The SMILES string of the molecule is O=C(CNc1ccc(F)cc1)Nc1ncc(Cc2ccccc2F)s1. The Morgan fingerprint density at radius 1 is 1.08 bits per heavy atom. The molecule has 2 aromatic carbocycles. The van der Waals surface area contributed by atoms with Crippen molar-refractivity contribution in [2.45, 2.75) is 6.42 Å². The Balaban J connectivity index is 1.53. The molecule has 3 rings (SSSR count). The number of nitrogens with zero attached hydrogens (tertiary/aromatic N) is 1. The number of aromatic nitrogens is 1. The van der Waals surface area contributed by atoms with Crippen molar-refractivity contribution in [2.75, 3.05) is 17.2 Å². The first kappa shape index (κ1) is 17.0. The molecule has 4 nitrogen and oxygen atoms in total. The summed E-state index contributed by atoms with van der Waals surface area (Å²) in [7, 11) is 0. The van der Waals surface area contributed by atoms with Crippen molar-refractivity contribution in [3.05, 3.63) is 76.8 Å². The van der Waals surface area contributed by atoms with E-state index < -0.39 is 0 Å². The maximum Gasteiger partial charge on any atom is 0.245 e. The fourth-order valence-corrected chi connectivity index (χ4v) is 3.04. The number of amides is 1. The maximum absolute atomic E-state index is 13.7. The number of halogens is 2. The van der Waals surface area contributed by atoms with Gasteiger partial charge in [-0.25, -0.2) is 13.8 Å². The Morgan fingerprint density at radius 3 is 2.60 bits per heavy atom. The van der Waals surface area contributed by atoms with Gasteiger partial charge in [-0.3, -0.25) is 4.79 Å². The number of thiazole rings is 1. The molecule has 1 amide bonds. The first-order valence-corrected chi connectivity index (χ1v) is 8.39. The summed E-state index contributed by atoms with van der Waals surface area (Å²) in [5, 5.41) is 6.03. The van der Waals surface area contributed by atoms with Crippen LogP contribution in [0.25, 0.3) is 0 Å². The minimum absolute atomic E-state index is 0.0356. The Hall–Kier alpha value is -2.80. The summed E-state index contributed by atoms with van der Waals surface area (Å²) in [4.78, 5) is 16.9. The van der Waals surface area contributed by atoms with Crippen LogP contribution in [0.5, 0.6) is 0 Å². The second-order valence-electron chi connectivity index (χ2n) is 5.31. The van der Waals surface area contributed by atoms with Crippen LogP contribution >= 0.6 is 11.3 Å². The highest BCUT2D eigenvalue weighted by molar-refractivity contribution is 7.15. The van der Waals surface area contributed by atoms with Crippen LogP contribution in [-0.4, -0.2) is 17.4 Å². The summed E-state index contributed by atoms with van der Waals surface area (Å²) < 4.78 is 26.5. The number of hydrogen-bond donors (Lipinski definition) is 2. The van der Waals surface area contributed by atoms with Crippen LogP contribution < -0.4 is 10.6 Å². The van der Waals surface area contributed by atoms with Crippen molar-refractivity contribution in [1.82, 2.24) is 4.98 Å². The standard InChI is InChI=1S/C18H15F2N3OS/c19-13-5-7-14(8-6-13)21-11-17(24)23-18-22-10-15(25-18)9-12-3-1-2-4-16(12)20/h1-8,10,21H,9,11H2,(H,22,23,24). The lowest BCUT2D eigenvalue weighted by Gasteiger charge is -2.05. The van der Waals surface area contributed by atoms with Gasteiger partial charge in [-0.05, 0) is 35.9 Å². The smallest absolute Gasteiger partial charge is 0.245 e. The molecule has 128 valence electrons. The van der Waals surface area contributed by atoms with E-state index in [2.05, 4.69) is 15.6 Å². The van der Waals surface area contributed by atoms with E-state index in [0.29, 0.717) is 22.8 Å². The molecule has 0 saturated heterocycles. The van der Waals surface area contributed by atoms with Gasteiger partial charge in [0.2, 0.25) is 5.91 Å². The third-order valence-corrected chi connectivity index (χ3v) is 4.33. The first-order chi connectivity index (χ1) is 12.1. The third-order valence-electron chi connectivity index (χ3n) is 3.42. The average Bonchev–Trinajstić information content (AvgIpc) is 3.03. The van der Waals surface area contributed by atoms with Crippen LogP contribution in [0.15, 0.2) is 54.7 Å². The average molecular weight is 359 g/mol. The molecule has 2 N–H and O–H groups in total. The van der Waals surface area contributed by atoms with Crippen molar-refractivity contribution in [3.8, 4) is 0 Å². The maximum atomic E-state index is 13.7. The van der Waals surface area contributed by atoms with E-state index in [0.717, 1.165) is 4.88 Å². The number of carbonyl (C=O) groups excluding carboxylic acids is 1. The first-order valence-electron chi connectivity index (χ1n) is 7.57. The fourth-order valence-electron chi connectivity index (χ4n) is 2.19. The molecule has 0 unspecified atom stereocenters. The van der Waals surface area contributed by atoms with Crippen molar-refractivity contribution in [1.29, 1.82) is 0 Å². The zero-order valence-corrected chi connectivity index (χ0v) is 13.9. The minimum atomic E-state index is -0.333. The van der Waals surface area contributed by atoms with Crippen LogP contribution in [0.2, 0.25) is 0 Å². The molecule has 3 aromatic rings. The van der Waals surface area contributed by atoms with Gasteiger partial charge in [0, 0.05) is 23.2 Å². The van der Waals surface area contributed by atoms with Crippen LogP contribution in [-0.2, 0) is 11.2 Å². The van der Waals surface area contributed by atoms with E-state index in [-0.39, 0.29) is 24.1 Å². The Labute approximate surface area is 147 Å². The zero-order valence-electron chi connectivity index (χ0n) is 13.1. The normalized spacial score (nSPS) is 10.5. The van der Waals surface area contributed by atoms with Crippen LogP contribution in [0.4, 0.5) is 19.6 Å². The predicted octanol–water partition coefficient (Wildman–Crippen LogP) is 4.06. The van der Waals surface area contributed by atoms with Gasteiger partial charge in [-0.1, -0.05) is 18.2 Å². The second-order valence-corrected chi connectivity index (χ2v) is 6.42. The van der Waals surface area contributed by atoms with Crippen molar-refractivity contribution >= 4 is 28.1 Å². The second kappa shape index (κ2) is 7.85. The van der Waals surface area contributed by atoms with E-state index in [1.54, 1.807) is 36.5 Å². The highest BCUT2D eigenvalue weighted by Gasteiger charge is 2.09. The molecule has 0 atom stereocenters. The minimum Gasteiger partial charge on any atom is -0.376 e. The molecule has 0 saturated carbocycles. The summed E-state index contributed by atoms with van der Waals surface area (Å²) in [5.41, 5.74) is 1.23. The highest BCUT2D eigenvalue weighted by atomic mass is 32.1. The number of rotatable bonds is 6. The van der Waals surface area contributed by atoms with Gasteiger partial charge in [0.15, 0.2) is 5.13 Å². The third kappa shape index (κ3) is 4.84. The van der Waals surface area contributed by atoms with E-state index in [4.69, 9.17) is 0 Å². The Bertz CT molecular complexity index is 865. The predicted molar refractivity (Wildman–Crippen MR) is 94.8 cm³/mol. The lowest BCUT2D eigenvalue weighted by molar-refractivity contribution is -0.114. The monoisotopic (exact) mass is 359 g/mol. The van der Waals surface area contributed by atoms with Crippen molar-refractivity contribution in [2.24, 2.45) is 0 Å². The summed E-state index contributed by atoms with van der Waals surface area (Å²) in [5.74, 6) is -0.860. The Kier molecular flexibility index (Phi) is 5.35. The molecule has 0 aliphatic rings. The molecular formula is C18H15F2N3OS. The fraction of sp³-hybridized carbons (Fsp3) is 0.111. The van der Waals surface area contributed by atoms with Gasteiger partial charge in [0.1, 0.15) is 11.6 Å². The van der Waals surface area contributed by atoms with Gasteiger partial charge < -0.3 is 10.6 Å². The Morgan fingerprint density at radius 2 is 1.84 bits per heavy atom. The zero-order chi connectivity index (χ0) is 17.6. The summed E-state index contributed by atoms with van der Waals surface area (Å²) in [6.07, 6.45) is 2.05. The van der Waals surface area contributed by atoms with Crippen LogP contribution in [0, 0.1) is 11.6 Å². The van der Waals surface area contributed by atoms with Crippen molar-refractivity contribution < 1.29 is 13.6 Å². The van der Waals surface area contributed by atoms with E-state index in [1.165, 1.54) is 29.5 Å². The van der Waals surface area contributed by atoms with Gasteiger partial charge in [-0.15, -0.1) is 11.3 Å². The van der Waals surface area contributed by atoms with Gasteiger partial charge >= 0.3 is 0 Å². The number of benzene rings is 2. The number of hydrogen-bond acceptors (Lipinski definition) is 4. The quantitative estimate of drug-likeness (QED) is 0.698. The molecule has 0 aliphatic carbocycles. The van der Waals surface area contributed by atoms with Crippen LogP contribution in [0.1, 0.15) is 10.4 Å². The number of nitrogens with one attached hydrogen (secondary N) is 2. The molecule has 0 spiro atoms. The molecule has 1 heterocycles. The topological polar surface area (TPSA) is 54.0 Å². The summed E-state index contributed by atoms with van der Waals surface area (Å²) in [6.45, 7) is 0.0356. The van der Waals surface area contributed by atoms with E-state index >= 15 is 0 Å². The summed E-state index contributed by atoms with van der Waals surface area (Å²) in [6, 6.07) is 12.3. The summed E-state index contributed by atoms with van der Waals surface area (Å²) >= 11 is 1.30. The van der Waals surface area contributed by atoms with Gasteiger partial charge in [0.05, 0.1) is 6.54 Å². The van der Waals surface area contributed by atoms with Gasteiger partial charge in [0.25, 0.3) is 0 Å². The van der Waals surface area contributed by atoms with Crippen LogP contribution in [0.3, 0.4) is 0 Å². The molecule has 1 aromatic heterocycles. The molecule has 0 aliphatic heterocycles. The largest absolute Gasteiger partial charge is 0.376 e. The number of anilines is 2. The highest BCUT2D eigenvalue weighted by Crippen LogP contribution is 2.22.